The summed E-state index contributed by atoms with van der Waals surface area (Å²) < 4.78 is 0. The average Bonchev–Trinajstić information content (AvgIpc) is 2.16. The quantitative estimate of drug-likeness (QED) is 0.333. The summed E-state index contributed by atoms with van der Waals surface area (Å²) in [4.78, 5) is 20.8. The Balaban J connectivity index is 2.90. The highest BCUT2D eigenvalue weighted by Crippen LogP contribution is 2.05. The van der Waals surface area contributed by atoms with Crippen molar-refractivity contribution in [3.63, 3.8) is 0 Å². The van der Waals surface area contributed by atoms with Gasteiger partial charge in [-0.15, -0.1) is 0 Å². The van der Waals surface area contributed by atoms with Crippen LogP contribution in [0.1, 0.15) is 15.9 Å². The second kappa shape index (κ2) is 3.97. The first-order valence-corrected chi connectivity index (χ1v) is 4.02. The first-order valence-electron chi connectivity index (χ1n) is 4.02. The zero-order chi connectivity index (χ0) is 10.7. The third-order valence-electron chi connectivity index (χ3n) is 1.83. The first kappa shape index (κ1) is 10.3. The lowest BCUT2D eigenvalue weighted by Gasteiger charge is -2.02. The summed E-state index contributed by atoms with van der Waals surface area (Å²) in [6.07, 6.45) is -1.67. The molecule has 1 aromatic carbocycles. The number of carbonyl (C=O) groups excluding carboxylic acids is 1. The highest BCUT2D eigenvalue weighted by molar-refractivity contribution is 5.98. The Hall–Kier alpha value is -1.75. The maximum atomic E-state index is 11.3. The molecule has 0 amide bonds. The molecule has 0 heterocycles. The van der Waals surface area contributed by atoms with Crippen molar-refractivity contribution in [2.75, 3.05) is 0 Å². The van der Waals surface area contributed by atoms with E-state index >= 15 is 0 Å². The lowest BCUT2D eigenvalue weighted by molar-refractivity contribution is -0.503. The molecule has 2 N–H and O–H groups in total. The Kier molecular flexibility index (Phi) is 2.93. The SMILES string of the molecule is Cc1ccc(C(=O)C(N)[N+](=O)[O-])cc1. The molecule has 0 spiro atoms. The van der Waals surface area contributed by atoms with Crippen LogP contribution in [0.25, 0.3) is 0 Å². The van der Waals surface area contributed by atoms with E-state index in [-0.39, 0.29) is 5.56 Å². The molecule has 0 saturated carbocycles. The summed E-state index contributed by atoms with van der Waals surface area (Å²) in [6, 6.07) is 6.47. The van der Waals surface area contributed by atoms with Gasteiger partial charge in [0.15, 0.2) is 0 Å². The molecule has 0 aliphatic rings. The molecule has 1 rings (SSSR count). The van der Waals surface area contributed by atoms with Gasteiger partial charge in [-0.25, -0.2) is 0 Å². The topological polar surface area (TPSA) is 86.2 Å². The standard InChI is InChI=1S/C9H10N2O3/c1-6-2-4-7(5-3-6)8(12)9(10)11(13)14/h2-5,9H,10H2,1H3. The average molecular weight is 194 g/mol. The van der Waals surface area contributed by atoms with Crippen molar-refractivity contribution in [2.24, 2.45) is 5.73 Å². The minimum Gasteiger partial charge on any atom is -0.285 e. The third-order valence-corrected chi connectivity index (χ3v) is 1.83. The molecule has 0 aromatic heterocycles. The largest absolute Gasteiger partial charge is 0.326 e. The van der Waals surface area contributed by atoms with E-state index in [2.05, 4.69) is 0 Å². The van der Waals surface area contributed by atoms with Crippen LogP contribution in [0.2, 0.25) is 0 Å². The van der Waals surface area contributed by atoms with Crippen LogP contribution in [0.5, 0.6) is 0 Å². The van der Waals surface area contributed by atoms with Gasteiger partial charge in [-0.05, 0) is 6.92 Å². The number of carbonyl (C=O) groups is 1. The molecule has 0 radical (unpaired) electrons. The second-order valence-corrected chi connectivity index (χ2v) is 2.96. The molecule has 0 aliphatic heterocycles. The zero-order valence-corrected chi connectivity index (χ0v) is 7.64. The molecular weight excluding hydrogens is 184 g/mol. The number of ketones is 1. The molecule has 5 nitrogen and oxygen atoms in total. The highest BCUT2D eigenvalue weighted by Gasteiger charge is 2.25. The number of rotatable bonds is 3. The highest BCUT2D eigenvalue weighted by atomic mass is 16.6. The fraction of sp³-hybridized carbons (Fsp3) is 0.222. The van der Waals surface area contributed by atoms with Crippen molar-refractivity contribution >= 4 is 5.78 Å². The van der Waals surface area contributed by atoms with Crippen LogP contribution >= 0.6 is 0 Å². The number of hydrogen-bond donors (Lipinski definition) is 1. The normalized spacial score (nSPS) is 12.1. The molecule has 0 bridgehead atoms. The van der Waals surface area contributed by atoms with Gasteiger partial charge in [-0.1, -0.05) is 29.8 Å². The molecule has 5 heteroatoms. The van der Waals surface area contributed by atoms with Crippen molar-refractivity contribution < 1.29 is 9.72 Å². The van der Waals surface area contributed by atoms with Crippen LogP contribution in [-0.2, 0) is 0 Å². The number of benzene rings is 1. The minimum absolute atomic E-state index is 0.264. The van der Waals surface area contributed by atoms with Gasteiger partial charge in [0, 0.05) is 10.5 Å². The Morgan fingerprint density at radius 1 is 1.43 bits per heavy atom. The van der Waals surface area contributed by atoms with Gasteiger partial charge in [-0.3, -0.25) is 20.6 Å². The van der Waals surface area contributed by atoms with E-state index in [1.165, 1.54) is 12.1 Å². The van der Waals surface area contributed by atoms with Crippen LogP contribution in [0, 0.1) is 17.0 Å². The number of aryl methyl sites for hydroxylation is 1. The van der Waals surface area contributed by atoms with Gasteiger partial charge in [-0.2, -0.15) is 0 Å². The molecule has 1 unspecified atom stereocenters. The fourth-order valence-electron chi connectivity index (χ4n) is 0.984. The van der Waals surface area contributed by atoms with E-state index in [1.807, 2.05) is 6.92 Å². The lowest BCUT2D eigenvalue weighted by Crippen LogP contribution is -2.38. The van der Waals surface area contributed by atoms with Gasteiger partial charge in [0.05, 0.1) is 0 Å². The number of nitrogens with zero attached hydrogens (tertiary/aromatic N) is 1. The van der Waals surface area contributed by atoms with Crippen LogP contribution in [-0.4, -0.2) is 16.9 Å². The van der Waals surface area contributed by atoms with Crippen LogP contribution in [0.15, 0.2) is 24.3 Å². The second-order valence-electron chi connectivity index (χ2n) is 2.96. The van der Waals surface area contributed by atoms with E-state index in [4.69, 9.17) is 5.73 Å². The molecule has 14 heavy (non-hydrogen) atoms. The van der Waals surface area contributed by atoms with Crippen molar-refractivity contribution in [1.29, 1.82) is 0 Å². The first-order chi connectivity index (χ1) is 6.52. The number of nitrogens with two attached hydrogens (primary N) is 1. The molecule has 1 atom stereocenters. The third kappa shape index (κ3) is 2.14. The summed E-state index contributed by atoms with van der Waals surface area (Å²) in [5, 5.41) is 10.2. The number of hydrogen-bond acceptors (Lipinski definition) is 4. The van der Waals surface area contributed by atoms with Crippen LogP contribution < -0.4 is 5.73 Å². The van der Waals surface area contributed by atoms with Crippen molar-refractivity contribution in [1.82, 2.24) is 0 Å². The lowest BCUT2D eigenvalue weighted by atomic mass is 10.1. The summed E-state index contributed by atoms with van der Waals surface area (Å²) >= 11 is 0. The van der Waals surface area contributed by atoms with E-state index in [9.17, 15) is 14.9 Å². The van der Waals surface area contributed by atoms with Gasteiger partial charge >= 0.3 is 6.17 Å². The molecular formula is C9H10N2O3. The molecule has 1 aromatic rings. The molecule has 0 aliphatic carbocycles. The predicted octanol–water partition coefficient (Wildman–Crippen LogP) is 0.739. The van der Waals surface area contributed by atoms with E-state index < -0.39 is 16.9 Å². The summed E-state index contributed by atoms with van der Waals surface area (Å²) in [7, 11) is 0. The van der Waals surface area contributed by atoms with E-state index in [0.717, 1.165) is 5.56 Å². The summed E-state index contributed by atoms with van der Waals surface area (Å²) in [6.45, 7) is 1.86. The smallest absolute Gasteiger partial charge is 0.285 e. The summed E-state index contributed by atoms with van der Waals surface area (Å²) in [5.74, 6) is -0.671. The fourth-order valence-corrected chi connectivity index (χ4v) is 0.984. The molecule has 0 fully saturated rings. The zero-order valence-electron chi connectivity index (χ0n) is 7.64. The van der Waals surface area contributed by atoms with Gasteiger partial charge in [0.25, 0.3) is 5.78 Å². The summed E-state index contributed by atoms with van der Waals surface area (Å²) in [5.41, 5.74) is 6.33. The Morgan fingerprint density at radius 2 is 1.93 bits per heavy atom. The Bertz CT molecular complexity index is 359. The van der Waals surface area contributed by atoms with Crippen molar-refractivity contribution in [3.8, 4) is 0 Å². The van der Waals surface area contributed by atoms with Crippen LogP contribution in [0.3, 0.4) is 0 Å². The maximum Gasteiger partial charge on any atom is 0.326 e. The number of nitro groups is 1. The number of Topliss-reactive ketones (excluding diaryl/α,β-unsaturated/α-hetero) is 1. The predicted molar refractivity (Wildman–Crippen MR) is 50.5 cm³/mol. The van der Waals surface area contributed by atoms with Crippen LogP contribution in [0.4, 0.5) is 0 Å². The van der Waals surface area contributed by atoms with Gasteiger partial charge in [0.2, 0.25) is 0 Å². The Morgan fingerprint density at radius 3 is 2.36 bits per heavy atom. The Labute approximate surface area is 80.7 Å². The molecule has 74 valence electrons. The monoisotopic (exact) mass is 194 g/mol. The van der Waals surface area contributed by atoms with Gasteiger partial charge < -0.3 is 0 Å². The van der Waals surface area contributed by atoms with Crippen molar-refractivity contribution in [2.45, 2.75) is 13.1 Å². The van der Waals surface area contributed by atoms with E-state index in [1.54, 1.807) is 12.1 Å². The van der Waals surface area contributed by atoms with Crippen molar-refractivity contribution in [3.05, 3.63) is 45.5 Å². The minimum atomic E-state index is -1.67. The van der Waals surface area contributed by atoms with E-state index in [0.29, 0.717) is 0 Å². The van der Waals surface area contributed by atoms with Gasteiger partial charge in [0.1, 0.15) is 0 Å². The molecule has 0 saturated heterocycles. The maximum absolute atomic E-state index is 11.3.